The molecule has 3 aromatic carbocycles. The molecule has 1 fully saturated rings. The van der Waals surface area contributed by atoms with Crippen LogP contribution in [0.3, 0.4) is 0 Å². The van der Waals surface area contributed by atoms with Crippen molar-refractivity contribution in [2.75, 3.05) is 44.7 Å². The van der Waals surface area contributed by atoms with Crippen molar-refractivity contribution in [2.45, 2.75) is 16.3 Å². The van der Waals surface area contributed by atoms with Gasteiger partial charge in [-0.3, -0.25) is 9.52 Å². The number of benzene rings is 3. The molecule has 0 radical (unpaired) electrons. The second-order valence-electron chi connectivity index (χ2n) is 8.53. The lowest BCUT2D eigenvalue weighted by Gasteiger charge is -2.26. The summed E-state index contributed by atoms with van der Waals surface area (Å²) in [5.41, 5.74) is 1.09. The average molecular weight is 576 g/mol. The minimum Gasteiger partial charge on any atom is -0.497 e. The maximum Gasteiger partial charge on any atom is 0.261 e. The number of hydrogen-bond acceptors (Lipinski definition) is 8. The van der Waals surface area contributed by atoms with E-state index in [1.807, 2.05) is 0 Å². The maximum absolute atomic E-state index is 12.7. The van der Waals surface area contributed by atoms with Gasteiger partial charge in [0.1, 0.15) is 11.5 Å². The van der Waals surface area contributed by atoms with E-state index >= 15 is 0 Å². The normalized spacial score (nSPS) is 14.4. The number of carbonyl (C=O) groups excluding carboxylic acids is 1. The van der Waals surface area contributed by atoms with Crippen molar-refractivity contribution in [1.82, 2.24) is 9.62 Å². The van der Waals surface area contributed by atoms with Gasteiger partial charge < -0.3 is 19.5 Å². The number of anilines is 1. The monoisotopic (exact) mass is 575 g/mol. The van der Waals surface area contributed by atoms with Gasteiger partial charge in [-0.25, -0.2) is 16.8 Å². The van der Waals surface area contributed by atoms with E-state index in [-0.39, 0.29) is 22.9 Å². The van der Waals surface area contributed by atoms with Gasteiger partial charge in [-0.15, -0.1) is 0 Å². The Kier molecular flexibility index (Phi) is 9.07. The van der Waals surface area contributed by atoms with Gasteiger partial charge in [0.15, 0.2) is 6.61 Å². The summed E-state index contributed by atoms with van der Waals surface area (Å²) in [4.78, 5) is 12.5. The molecule has 13 heteroatoms. The van der Waals surface area contributed by atoms with E-state index in [2.05, 4.69) is 10.0 Å². The van der Waals surface area contributed by atoms with Gasteiger partial charge >= 0.3 is 0 Å². The molecule has 0 spiro atoms. The standard InChI is InChI=1S/C26H29N3O8S2/c1-35-23-4-2-3-21(17-23)28-38(31,32)24-11-7-22(8-12-24)37-19-26(30)27-18-20-5-9-25(10-6-20)39(33,34)29-13-15-36-16-14-29/h2-12,17,28H,13-16,18-19H2,1H3,(H,27,30). The summed E-state index contributed by atoms with van der Waals surface area (Å²) >= 11 is 0. The number of rotatable bonds is 11. The molecule has 1 aliphatic heterocycles. The Morgan fingerprint density at radius 3 is 2.23 bits per heavy atom. The van der Waals surface area contributed by atoms with Crippen LogP contribution in [-0.4, -0.2) is 67.1 Å². The Balaban J connectivity index is 1.25. The van der Waals surface area contributed by atoms with Gasteiger partial charge in [0.25, 0.3) is 15.9 Å². The van der Waals surface area contributed by atoms with Crippen molar-refractivity contribution >= 4 is 31.6 Å². The molecule has 1 amide bonds. The fraction of sp³-hybridized carbons (Fsp3) is 0.269. The molecule has 11 nitrogen and oxygen atoms in total. The lowest BCUT2D eigenvalue weighted by atomic mass is 10.2. The molecule has 3 aromatic rings. The zero-order chi connectivity index (χ0) is 27.9. The van der Waals surface area contributed by atoms with Crippen LogP contribution in [0.5, 0.6) is 11.5 Å². The molecule has 0 unspecified atom stereocenters. The van der Waals surface area contributed by atoms with Crippen molar-refractivity contribution in [1.29, 1.82) is 0 Å². The number of morpholine rings is 1. The minimum absolute atomic E-state index is 0.0289. The van der Waals surface area contributed by atoms with E-state index in [0.717, 1.165) is 5.56 Å². The minimum atomic E-state index is -3.83. The Hall–Kier alpha value is -3.65. The highest BCUT2D eigenvalue weighted by Crippen LogP contribution is 2.22. The van der Waals surface area contributed by atoms with Crippen LogP contribution in [0.2, 0.25) is 0 Å². The highest BCUT2D eigenvalue weighted by Gasteiger charge is 2.26. The summed E-state index contributed by atoms with van der Waals surface area (Å²) < 4.78 is 70.4. The largest absolute Gasteiger partial charge is 0.497 e. The third-order valence-electron chi connectivity index (χ3n) is 5.85. The van der Waals surface area contributed by atoms with Crippen LogP contribution in [0.15, 0.2) is 82.6 Å². The fourth-order valence-electron chi connectivity index (χ4n) is 3.73. The molecular formula is C26H29N3O8S2. The third kappa shape index (κ3) is 7.47. The SMILES string of the molecule is COc1cccc(NS(=O)(=O)c2ccc(OCC(=O)NCc3ccc(S(=O)(=O)N4CCOCC4)cc3)cc2)c1. The summed E-state index contributed by atoms with van der Waals surface area (Å²) in [6.45, 7) is 1.29. The molecule has 208 valence electrons. The van der Waals surface area contributed by atoms with Crippen LogP contribution in [0.25, 0.3) is 0 Å². The Morgan fingerprint density at radius 1 is 0.897 bits per heavy atom. The van der Waals surface area contributed by atoms with E-state index in [0.29, 0.717) is 43.5 Å². The molecule has 1 saturated heterocycles. The van der Waals surface area contributed by atoms with Gasteiger partial charge in [-0.1, -0.05) is 18.2 Å². The number of nitrogens with one attached hydrogen (secondary N) is 2. The van der Waals surface area contributed by atoms with Crippen LogP contribution in [0.1, 0.15) is 5.56 Å². The van der Waals surface area contributed by atoms with Crippen molar-refractivity contribution in [3.8, 4) is 11.5 Å². The second kappa shape index (κ2) is 12.5. The van der Waals surface area contributed by atoms with Crippen LogP contribution in [-0.2, 0) is 36.1 Å². The molecule has 0 aromatic heterocycles. The lowest BCUT2D eigenvalue weighted by molar-refractivity contribution is -0.123. The molecule has 4 rings (SSSR count). The quantitative estimate of drug-likeness (QED) is 0.355. The maximum atomic E-state index is 12.7. The zero-order valence-electron chi connectivity index (χ0n) is 21.2. The van der Waals surface area contributed by atoms with E-state index in [1.165, 1.54) is 47.8 Å². The predicted molar refractivity (Wildman–Crippen MR) is 144 cm³/mol. The summed E-state index contributed by atoms with van der Waals surface area (Å²) in [5, 5.41) is 2.71. The van der Waals surface area contributed by atoms with Crippen LogP contribution < -0.4 is 19.5 Å². The number of methoxy groups -OCH3 is 1. The second-order valence-corrected chi connectivity index (χ2v) is 12.2. The van der Waals surface area contributed by atoms with Crippen LogP contribution in [0, 0.1) is 0 Å². The number of ether oxygens (including phenoxy) is 3. The number of carbonyl (C=O) groups is 1. The Bertz CT molecular complexity index is 1490. The van der Waals surface area contributed by atoms with Crippen LogP contribution >= 0.6 is 0 Å². The highest BCUT2D eigenvalue weighted by molar-refractivity contribution is 7.92. The summed E-state index contributed by atoms with van der Waals surface area (Å²) in [6, 6.07) is 18.5. The van der Waals surface area contributed by atoms with E-state index in [1.54, 1.807) is 36.4 Å². The molecular weight excluding hydrogens is 546 g/mol. The van der Waals surface area contributed by atoms with Crippen molar-refractivity contribution in [3.05, 3.63) is 78.4 Å². The highest BCUT2D eigenvalue weighted by atomic mass is 32.2. The van der Waals surface area contributed by atoms with Crippen molar-refractivity contribution in [2.24, 2.45) is 0 Å². The first-order chi connectivity index (χ1) is 18.7. The molecule has 0 atom stereocenters. The number of nitrogens with zero attached hydrogens (tertiary/aromatic N) is 1. The first-order valence-corrected chi connectivity index (χ1v) is 14.9. The summed E-state index contributed by atoms with van der Waals surface area (Å²) in [6.07, 6.45) is 0. The van der Waals surface area contributed by atoms with E-state index in [9.17, 15) is 21.6 Å². The molecule has 39 heavy (non-hydrogen) atoms. The van der Waals surface area contributed by atoms with Crippen molar-refractivity contribution in [3.63, 3.8) is 0 Å². The van der Waals surface area contributed by atoms with E-state index in [4.69, 9.17) is 14.2 Å². The Morgan fingerprint density at radius 2 is 1.56 bits per heavy atom. The van der Waals surface area contributed by atoms with Gasteiger partial charge in [-0.2, -0.15) is 4.31 Å². The number of sulfonamides is 2. The molecule has 2 N–H and O–H groups in total. The smallest absolute Gasteiger partial charge is 0.261 e. The Labute approximate surface area is 227 Å². The number of amides is 1. The third-order valence-corrected chi connectivity index (χ3v) is 9.16. The van der Waals surface area contributed by atoms with Gasteiger partial charge in [0.2, 0.25) is 10.0 Å². The summed E-state index contributed by atoms with van der Waals surface area (Å²) in [7, 11) is -5.92. The first kappa shape index (κ1) is 28.4. The molecule has 1 aliphatic rings. The fourth-order valence-corrected chi connectivity index (χ4v) is 6.19. The van der Waals surface area contributed by atoms with E-state index < -0.39 is 26.0 Å². The van der Waals surface area contributed by atoms with Gasteiger partial charge in [0, 0.05) is 25.7 Å². The van der Waals surface area contributed by atoms with Crippen molar-refractivity contribution < 1.29 is 35.8 Å². The van der Waals surface area contributed by atoms with Gasteiger partial charge in [0.05, 0.1) is 35.8 Å². The summed E-state index contributed by atoms with van der Waals surface area (Å²) in [5.74, 6) is 0.450. The molecule has 0 aliphatic carbocycles. The average Bonchev–Trinajstić information content (AvgIpc) is 2.95. The molecule has 1 heterocycles. The van der Waals surface area contributed by atoms with Gasteiger partial charge in [-0.05, 0) is 54.1 Å². The molecule has 0 saturated carbocycles. The predicted octanol–water partition coefficient (Wildman–Crippen LogP) is 2.21. The first-order valence-electron chi connectivity index (χ1n) is 12.0. The number of hydrogen-bond donors (Lipinski definition) is 2. The topological polar surface area (TPSA) is 140 Å². The zero-order valence-corrected chi connectivity index (χ0v) is 22.8. The molecule has 0 bridgehead atoms. The lowest BCUT2D eigenvalue weighted by Crippen LogP contribution is -2.40. The van der Waals surface area contributed by atoms with Crippen LogP contribution in [0.4, 0.5) is 5.69 Å².